The third-order valence-electron chi connectivity index (χ3n) is 3.10. The summed E-state index contributed by atoms with van der Waals surface area (Å²) in [5.74, 6) is 0.702. The van der Waals surface area contributed by atoms with E-state index in [0.29, 0.717) is 18.3 Å². The standard InChI is InChI=1S/C12H13N3O3S/c16-11(17)3-8-4-15(5-8)6-10-13-12(14-18-10)9-1-2-19-7-9/h1-2,7-8H,3-6H2,(H,16,17). The highest BCUT2D eigenvalue weighted by Crippen LogP contribution is 2.23. The van der Waals surface area contributed by atoms with E-state index in [1.807, 2.05) is 16.8 Å². The number of rotatable bonds is 5. The predicted molar refractivity (Wildman–Crippen MR) is 68.6 cm³/mol. The van der Waals surface area contributed by atoms with Crippen LogP contribution in [0.3, 0.4) is 0 Å². The van der Waals surface area contributed by atoms with Crippen LogP contribution in [-0.2, 0) is 11.3 Å². The Labute approximate surface area is 113 Å². The number of carboxylic acid groups (broad SMARTS) is 1. The fraction of sp³-hybridized carbons (Fsp3) is 0.417. The minimum absolute atomic E-state index is 0.237. The maximum atomic E-state index is 10.5. The highest BCUT2D eigenvalue weighted by Gasteiger charge is 2.29. The second-order valence-electron chi connectivity index (χ2n) is 4.68. The summed E-state index contributed by atoms with van der Waals surface area (Å²) in [5.41, 5.74) is 0.965. The molecule has 0 bridgehead atoms. The third-order valence-corrected chi connectivity index (χ3v) is 3.79. The Kier molecular flexibility index (Phi) is 3.31. The van der Waals surface area contributed by atoms with Gasteiger partial charge in [-0.25, -0.2) is 0 Å². The second kappa shape index (κ2) is 5.10. The van der Waals surface area contributed by atoms with Crippen molar-refractivity contribution in [3.63, 3.8) is 0 Å². The molecule has 0 amide bonds. The first-order chi connectivity index (χ1) is 9.20. The van der Waals surface area contributed by atoms with Crippen LogP contribution in [0, 0.1) is 5.92 Å². The van der Waals surface area contributed by atoms with Gasteiger partial charge in [-0.15, -0.1) is 0 Å². The highest BCUT2D eigenvalue weighted by molar-refractivity contribution is 7.08. The number of aliphatic carboxylic acids is 1. The monoisotopic (exact) mass is 279 g/mol. The number of aromatic nitrogens is 2. The largest absolute Gasteiger partial charge is 0.481 e. The van der Waals surface area contributed by atoms with E-state index in [0.717, 1.165) is 18.7 Å². The summed E-state index contributed by atoms with van der Waals surface area (Å²) in [7, 11) is 0. The van der Waals surface area contributed by atoms with Crippen molar-refractivity contribution in [2.45, 2.75) is 13.0 Å². The van der Waals surface area contributed by atoms with Gasteiger partial charge in [0.2, 0.25) is 11.7 Å². The van der Waals surface area contributed by atoms with Crippen LogP contribution in [0.1, 0.15) is 12.3 Å². The molecule has 1 saturated heterocycles. The molecule has 2 aromatic heterocycles. The van der Waals surface area contributed by atoms with Crippen molar-refractivity contribution < 1.29 is 14.4 Å². The average Bonchev–Trinajstić information content (AvgIpc) is 2.95. The first-order valence-corrected chi connectivity index (χ1v) is 6.94. The fourth-order valence-electron chi connectivity index (χ4n) is 2.20. The number of hydrogen-bond donors (Lipinski definition) is 1. The molecule has 19 heavy (non-hydrogen) atoms. The Morgan fingerprint density at radius 1 is 1.58 bits per heavy atom. The van der Waals surface area contributed by atoms with Crippen LogP contribution in [0.15, 0.2) is 21.3 Å². The molecule has 1 aliphatic heterocycles. The van der Waals surface area contributed by atoms with Gasteiger partial charge in [0.15, 0.2) is 0 Å². The van der Waals surface area contributed by atoms with Crippen molar-refractivity contribution in [2.75, 3.05) is 13.1 Å². The van der Waals surface area contributed by atoms with Crippen LogP contribution in [0.25, 0.3) is 11.4 Å². The maximum absolute atomic E-state index is 10.5. The molecule has 3 heterocycles. The van der Waals surface area contributed by atoms with Gasteiger partial charge in [-0.1, -0.05) is 5.16 Å². The highest BCUT2D eigenvalue weighted by atomic mass is 32.1. The molecule has 0 unspecified atom stereocenters. The first-order valence-electron chi connectivity index (χ1n) is 6.00. The summed E-state index contributed by atoms with van der Waals surface area (Å²) in [6.45, 7) is 2.15. The molecule has 0 spiro atoms. The van der Waals surface area contributed by atoms with E-state index in [2.05, 4.69) is 15.0 Å². The lowest BCUT2D eigenvalue weighted by Gasteiger charge is -2.37. The molecule has 1 fully saturated rings. The van der Waals surface area contributed by atoms with Gasteiger partial charge in [-0.2, -0.15) is 16.3 Å². The third kappa shape index (κ3) is 2.82. The molecule has 0 radical (unpaired) electrons. The minimum Gasteiger partial charge on any atom is -0.481 e. The average molecular weight is 279 g/mol. The molecular weight excluding hydrogens is 266 g/mol. The van der Waals surface area contributed by atoms with E-state index in [4.69, 9.17) is 9.63 Å². The molecule has 0 aliphatic carbocycles. The molecule has 3 rings (SSSR count). The zero-order valence-electron chi connectivity index (χ0n) is 10.2. The molecule has 7 heteroatoms. The SMILES string of the molecule is O=C(O)CC1CN(Cc2nc(-c3ccsc3)no2)C1. The molecule has 2 aromatic rings. The molecule has 0 atom stereocenters. The van der Waals surface area contributed by atoms with Crippen molar-refractivity contribution in [1.82, 2.24) is 15.0 Å². The molecule has 1 N–H and O–H groups in total. The summed E-state index contributed by atoms with van der Waals surface area (Å²) in [4.78, 5) is 17.0. The van der Waals surface area contributed by atoms with Crippen LogP contribution < -0.4 is 0 Å². The van der Waals surface area contributed by atoms with E-state index >= 15 is 0 Å². The molecule has 6 nitrogen and oxygen atoms in total. The van der Waals surface area contributed by atoms with Crippen LogP contribution in [0.5, 0.6) is 0 Å². The number of nitrogens with zero attached hydrogens (tertiary/aromatic N) is 3. The molecule has 0 saturated carbocycles. The zero-order chi connectivity index (χ0) is 13.2. The summed E-state index contributed by atoms with van der Waals surface area (Å²) in [6.07, 6.45) is 0.237. The van der Waals surface area contributed by atoms with Crippen molar-refractivity contribution in [1.29, 1.82) is 0 Å². The quantitative estimate of drug-likeness (QED) is 0.897. The first kappa shape index (κ1) is 12.3. The predicted octanol–water partition coefficient (Wildman–Crippen LogP) is 1.70. The van der Waals surface area contributed by atoms with Crippen molar-refractivity contribution in [3.05, 3.63) is 22.7 Å². The van der Waals surface area contributed by atoms with Gasteiger partial charge in [0.1, 0.15) is 0 Å². The van der Waals surface area contributed by atoms with Crippen LogP contribution >= 0.6 is 11.3 Å². The fourth-order valence-corrected chi connectivity index (χ4v) is 2.84. The Morgan fingerprint density at radius 2 is 2.42 bits per heavy atom. The minimum atomic E-state index is -0.734. The molecular formula is C12H13N3O3S. The van der Waals surface area contributed by atoms with Crippen molar-refractivity contribution in [2.24, 2.45) is 5.92 Å². The topological polar surface area (TPSA) is 79.5 Å². The van der Waals surface area contributed by atoms with E-state index < -0.39 is 5.97 Å². The maximum Gasteiger partial charge on any atom is 0.303 e. The lowest BCUT2D eigenvalue weighted by Crippen LogP contribution is -2.46. The number of hydrogen-bond acceptors (Lipinski definition) is 6. The Hall–Kier alpha value is -1.73. The van der Waals surface area contributed by atoms with Gasteiger partial charge < -0.3 is 9.63 Å². The normalized spacial score (nSPS) is 16.4. The number of carboxylic acids is 1. The molecule has 0 aromatic carbocycles. The summed E-state index contributed by atoms with van der Waals surface area (Å²) >= 11 is 1.59. The van der Waals surface area contributed by atoms with Gasteiger partial charge in [0, 0.05) is 24.0 Å². The van der Waals surface area contributed by atoms with Crippen LogP contribution in [0.2, 0.25) is 0 Å². The summed E-state index contributed by atoms with van der Waals surface area (Å²) < 4.78 is 5.20. The number of thiophene rings is 1. The second-order valence-corrected chi connectivity index (χ2v) is 5.46. The molecule has 1 aliphatic rings. The lowest BCUT2D eigenvalue weighted by atomic mass is 9.97. The Morgan fingerprint density at radius 3 is 3.11 bits per heavy atom. The van der Waals surface area contributed by atoms with E-state index in [-0.39, 0.29) is 12.3 Å². The van der Waals surface area contributed by atoms with Crippen LogP contribution in [0.4, 0.5) is 0 Å². The van der Waals surface area contributed by atoms with Crippen molar-refractivity contribution >= 4 is 17.3 Å². The van der Waals surface area contributed by atoms with E-state index in [1.165, 1.54) is 0 Å². The Balaban J connectivity index is 1.53. The number of carbonyl (C=O) groups is 1. The van der Waals surface area contributed by atoms with Gasteiger partial charge >= 0.3 is 5.97 Å². The van der Waals surface area contributed by atoms with Gasteiger partial charge in [0.05, 0.1) is 13.0 Å². The van der Waals surface area contributed by atoms with Gasteiger partial charge in [-0.3, -0.25) is 9.69 Å². The van der Waals surface area contributed by atoms with Crippen molar-refractivity contribution in [3.8, 4) is 11.4 Å². The van der Waals surface area contributed by atoms with Gasteiger partial charge in [-0.05, 0) is 17.4 Å². The summed E-state index contributed by atoms with van der Waals surface area (Å²) in [6, 6.07) is 1.95. The van der Waals surface area contributed by atoms with E-state index in [9.17, 15) is 4.79 Å². The number of likely N-dealkylation sites (tertiary alicyclic amines) is 1. The van der Waals surface area contributed by atoms with Crippen LogP contribution in [-0.4, -0.2) is 39.2 Å². The van der Waals surface area contributed by atoms with Gasteiger partial charge in [0.25, 0.3) is 0 Å². The zero-order valence-corrected chi connectivity index (χ0v) is 11.0. The smallest absolute Gasteiger partial charge is 0.303 e. The Bertz CT molecular complexity index is 561. The van der Waals surface area contributed by atoms with E-state index in [1.54, 1.807) is 11.3 Å². The molecule has 100 valence electrons. The lowest BCUT2D eigenvalue weighted by molar-refractivity contribution is -0.139. The summed E-state index contributed by atoms with van der Waals surface area (Å²) in [5, 5.41) is 16.6.